The fourth-order valence-corrected chi connectivity index (χ4v) is 2.70. The third kappa shape index (κ3) is 3.58. The van der Waals surface area contributed by atoms with Crippen LogP contribution >= 0.6 is 0 Å². The minimum atomic E-state index is -0.298. The van der Waals surface area contributed by atoms with Crippen molar-refractivity contribution in [3.8, 4) is 6.07 Å². The first-order chi connectivity index (χ1) is 9.67. The molecule has 2 rings (SSSR count). The quantitative estimate of drug-likeness (QED) is 0.787. The second kappa shape index (κ2) is 6.53. The fraction of sp³-hybridized carbons (Fsp3) is 0.500. The lowest BCUT2D eigenvalue weighted by Gasteiger charge is -2.36. The molecule has 4 heteroatoms. The number of carbonyl (C=O) groups excluding carboxylic acids is 1. The van der Waals surface area contributed by atoms with Crippen molar-refractivity contribution in [2.45, 2.75) is 19.3 Å². The molecule has 4 nitrogen and oxygen atoms in total. The third-order valence-corrected chi connectivity index (χ3v) is 4.02. The number of benzene rings is 1. The van der Waals surface area contributed by atoms with Gasteiger partial charge in [0.2, 0.25) is 0 Å². The number of carbonyl (C=O) groups is 1. The Hall–Kier alpha value is -1.86. The highest BCUT2D eigenvalue weighted by Crippen LogP contribution is 2.34. The number of nitriles is 1. The van der Waals surface area contributed by atoms with E-state index in [9.17, 15) is 10.1 Å². The van der Waals surface area contributed by atoms with Crippen molar-refractivity contribution in [3.05, 3.63) is 35.9 Å². The Labute approximate surface area is 120 Å². The van der Waals surface area contributed by atoms with Crippen LogP contribution in [0.15, 0.2) is 30.3 Å². The van der Waals surface area contributed by atoms with Crippen molar-refractivity contribution in [1.82, 2.24) is 4.90 Å². The van der Waals surface area contributed by atoms with E-state index in [1.165, 1.54) is 12.7 Å². The number of hydrogen-bond donors (Lipinski definition) is 0. The van der Waals surface area contributed by atoms with E-state index in [0.29, 0.717) is 6.54 Å². The van der Waals surface area contributed by atoms with Gasteiger partial charge in [0.05, 0.1) is 25.1 Å². The summed E-state index contributed by atoms with van der Waals surface area (Å²) in [6.45, 7) is 1.87. The Morgan fingerprint density at radius 2 is 2.00 bits per heavy atom. The normalized spacial score (nSPS) is 18.2. The number of piperidine rings is 1. The van der Waals surface area contributed by atoms with Crippen LogP contribution in [0.2, 0.25) is 0 Å². The number of likely N-dealkylation sites (tertiary alicyclic amines) is 1. The molecule has 1 aliphatic heterocycles. The summed E-state index contributed by atoms with van der Waals surface area (Å²) in [7, 11) is 1.40. The number of hydrogen-bond acceptors (Lipinski definition) is 4. The van der Waals surface area contributed by atoms with Gasteiger partial charge in [-0.05, 0) is 24.8 Å². The largest absolute Gasteiger partial charge is 0.468 e. The van der Waals surface area contributed by atoms with Crippen LogP contribution in [0.5, 0.6) is 0 Å². The Balaban J connectivity index is 1.95. The third-order valence-electron chi connectivity index (χ3n) is 4.02. The van der Waals surface area contributed by atoms with E-state index in [1.807, 2.05) is 18.2 Å². The number of rotatable bonds is 4. The Kier molecular flexibility index (Phi) is 4.75. The molecule has 1 fully saturated rings. The molecule has 0 atom stereocenters. The van der Waals surface area contributed by atoms with E-state index < -0.39 is 0 Å². The van der Waals surface area contributed by atoms with Crippen molar-refractivity contribution in [2.75, 3.05) is 26.7 Å². The van der Waals surface area contributed by atoms with Crippen LogP contribution < -0.4 is 0 Å². The molecule has 0 saturated carbocycles. The number of ether oxygens (including phenoxy) is 1. The zero-order chi connectivity index (χ0) is 14.4. The minimum Gasteiger partial charge on any atom is -0.468 e. The molecule has 1 heterocycles. The van der Waals surface area contributed by atoms with Crippen molar-refractivity contribution in [3.63, 3.8) is 0 Å². The Morgan fingerprint density at radius 1 is 1.35 bits per heavy atom. The molecule has 0 aliphatic carbocycles. The smallest absolute Gasteiger partial charge is 0.319 e. The average molecular weight is 272 g/mol. The van der Waals surface area contributed by atoms with E-state index in [1.54, 1.807) is 0 Å². The Morgan fingerprint density at radius 3 is 2.55 bits per heavy atom. The number of methoxy groups -OCH3 is 1. The summed E-state index contributed by atoms with van der Waals surface area (Å²) in [6, 6.07) is 12.7. The monoisotopic (exact) mass is 272 g/mol. The average Bonchev–Trinajstić information content (AvgIpc) is 2.50. The first-order valence-electron chi connectivity index (χ1n) is 6.92. The highest BCUT2D eigenvalue weighted by Gasteiger charge is 2.35. The van der Waals surface area contributed by atoms with E-state index in [-0.39, 0.29) is 11.4 Å². The lowest BCUT2D eigenvalue weighted by atomic mass is 9.75. The minimum absolute atomic E-state index is 0.211. The van der Waals surface area contributed by atoms with Gasteiger partial charge < -0.3 is 4.74 Å². The Bertz CT molecular complexity index is 485. The van der Waals surface area contributed by atoms with Crippen LogP contribution in [0.25, 0.3) is 0 Å². The van der Waals surface area contributed by atoms with Crippen molar-refractivity contribution in [1.29, 1.82) is 5.26 Å². The van der Waals surface area contributed by atoms with Crippen LogP contribution in [-0.2, 0) is 16.0 Å². The topological polar surface area (TPSA) is 53.3 Å². The molecule has 20 heavy (non-hydrogen) atoms. The van der Waals surface area contributed by atoms with Gasteiger partial charge in [0.15, 0.2) is 0 Å². The van der Waals surface area contributed by atoms with Gasteiger partial charge in [0, 0.05) is 13.1 Å². The molecule has 0 bridgehead atoms. The van der Waals surface area contributed by atoms with Crippen molar-refractivity contribution >= 4 is 5.97 Å². The zero-order valence-corrected chi connectivity index (χ0v) is 11.8. The molecule has 1 saturated heterocycles. The lowest BCUT2D eigenvalue weighted by molar-refractivity contribution is -0.142. The summed E-state index contributed by atoms with van der Waals surface area (Å²) in [4.78, 5) is 13.3. The van der Waals surface area contributed by atoms with Gasteiger partial charge in [-0.15, -0.1) is 0 Å². The van der Waals surface area contributed by atoms with Crippen molar-refractivity contribution < 1.29 is 9.53 Å². The van der Waals surface area contributed by atoms with Gasteiger partial charge in [0.25, 0.3) is 0 Å². The standard InChI is InChI=1S/C16H20N2O2/c1-20-15(19)12-18-9-7-16(13-17,8-10-18)11-14-5-3-2-4-6-14/h2-6H,7-12H2,1H3. The van der Waals surface area contributed by atoms with Gasteiger partial charge in [-0.3, -0.25) is 9.69 Å². The molecule has 0 unspecified atom stereocenters. The highest BCUT2D eigenvalue weighted by molar-refractivity contribution is 5.71. The van der Waals surface area contributed by atoms with E-state index in [0.717, 1.165) is 32.4 Å². The SMILES string of the molecule is COC(=O)CN1CCC(C#N)(Cc2ccccc2)CC1. The van der Waals surface area contributed by atoms with Crippen LogP contribution in [0.3, 0.4) is 0 Å². The van der Waals surface area contributed by atoms with Gasteiger partial charge in [-0.1, -0.05) is 30.3 Å². The molecule has 1 aromatic carbocycles. The molecule has 0 radical (unpaired) electrons. The van der Waals surface area contributed by atoms with Gasteiger partial charge >= 0.3 is 5.97 Å². The summed E-state index contributed by atoms with van der Waals surface area (Å²) in [5, 5.41) is 9.56. The number of nitrogens with zero attached hydrogens (tertiary/aromatic N) is 2. The maximum absolute atomic E-state index is 11.3. The summed E-state index contributed by atoms with van der Waals surface area (Å²) >= 11 is 0. The first-order valence-corrected chi connectivity index (χ1v) is 6.92. The van der Waals surface area contributed by atoms with Gasteiger partial charge in [-0.2, -0.15) is 5.26 Å². The van der Waals surface area contributed by atoms with Crippen LogP contribution in [0, 0.1) is 16.7 Å². The fourth-order valence-electron chi connectivity index (χ4n) is 2.70. The molecule has 0 amide bonds. The zero-order valence-electron chi connectivity index (χ0n) is 11.8. The summed E-state index contributed by atoms with van der Waals surface area (Å²) in [6.07, 6.45) is 2.39. The number of esters is 1. The molecule has 1 aliphatic rings. The van der Waals surface area contributed by atoms with Crippen molar-refractivity contribution in [2.24, 2.45) is 5.41 Å². The molecule has 0 N–H and O–H groups in total. The maximum Gasteiger partial charge on any atom is 0.319 e. The van der Waals surface area contributed by atoms with Crippen LogP contribution in [0.4, 0.5) is 0 Å². The maximum atomic E-state index is 11.3. The van der Waals surface area contributed by atoms with Crippen LogP contribution in [0.1, 0.15) is 18.4 Å². The highest BCUT2D eigenvalue weighted by atomic mass is 16.5. The molecular weight excluding hydrogens is 252 g/mol. The second-order valence-electron chi connectivity index (χ2n) is 5.41. The van der Waals surface area contributed by atoms with Crippen LogP contribution in [-0.4, -0.2) is 37.6 Å². The first kappa shape index (κ1) is 14.5. The lowest BCUT2D eigenvalue weighted by Crippen LogP contribution is -2.42. The van der Waals surface area contributed by atoms with Gasteiger partial charge in [0.1, 0.15) is 0 Å². The molecule has 106 valence electrons. The second-order valence-corrected chi connectivity index (χ2v) is 5.41. The summed E-state index contributed by atoms with van der Waals surface area (Å²) in [5.41, 5.74) is 0.906. The molecule has 0 spiro atoms. The molecule has 1 aromatic rings. The summed E-state index contributed by atoms with van der Waals surface area (Å²) < 4.78 is 4.68. The summed E-state index contributed by atoms with van der Waals surface area (Å²) in [5.74, 6) is -0.211. The predicted octanol–water partition coefficient (Wildman–Crippen LogP) is 2.01. The van der Waals surface area contributed by atoms with E-state index in [4.69, 9.17) is 0 Å². The predicted molar refractivity (Wildman–Crippen MR) is 75.9 cm³/mol. The molecule has 0 aromatic heterocycles. The van der Waals surface area contributed by atoms with E-state index >= 15 is 0 Å². The van der Waals surface area contributed by atoms with Gasteiger partial charge in [-0.25, -0.2) is 0 Å². The van der Waals surface area contributed by atoms with E-state index in [2.05, 4.69) is 27.8 Å². The molecular formula is C16H20N2O2.